The monoisotopic (exact) mass is 455 g/mol. The molecule has 3 fully saturated rings. The summed E-state index contributed by atoms with van der Waals surface area (Å²) in [5, 5.41) is 0. The van der Waals surface area contributed by atoms with Gasteiger partial charge in [0.1, 0.15) is 6.04 Å². The van der Waals surface area contributed by atoms with Crippen molar-refractivity contribution in [3.63, 3.8) is 0 Å². The maximum Gasteiger partial charge on any atom is 0.330 e. The Balaban J connectivity index is 1.26. The van der Waals surface area contributed by atoms with Crippen molar-refractivity contribution in [2.45, 2.75) is 18.9 Å². The quantitative estimate of drug-likeness (QED) is 0.277. The number of hydrogen-bond donors (Lipinski definition) is 0. The Labute approximate surface area is 197 Å². The molecule has 0 spiro atoms. The third-order valence-corrected chi connectivity index (χ3v) is 7.99. The van der Waals surface area contributed by atoms with Crippen LogP contribution < -0.4 is 0 Å². The number of Topliss-reactive ketones (excluding diaryl/α,β-unsaturated/α-hetero) is 1. The van der Waals surface area contributed by atoms with Gasteiger partial charge in [-0.15, -0.1) is 0 Å². The van der Waals surface area contributed by atoms with Crippen molar-refractivity contribution in [1.82, 2.24) is 4.90 Å². The smallest absolute Gasteiger partial charge is 0.330 e. The Morgan fingerprint density at radius 3 is 2.00 bits per heavy atom. The van der Waals surface area contributed by atoms with Crippen LogP contribution >= 0.6 is 0 Å². The van der Waals surface area contributed by atoms with Gasteiger partial charge in [0.15, 0.2) is 12.4 Å². The molecule has 7 atom stereocenters. The molecule has 172 valence electrons. The number of hydrogen-bond acceptors (Lipinski definition) is 5. The van der Waals surface area contributed by atoms with Crippen molar-refractivity contribution in [2.75, 3.05) is 6.61 Å². The van der Waals surface area contributed by atoms with Crippen LogP contribution in [0, 0.1) is 35.5 Å². The molecule has 1 saturated heterocycles. The first-order valence-corrected chi connectivity index (χ1v) is 11.9. The molecular weight excluding hydrogens is 430 g/mol. The van der Waals surface area contributed by atoms with Crippen LogP contribution in [0.25, 0.3) is 0 Å². The van der Waals surface area contributed by atoms with Gasteiger partial charge in [-0.3, -0.25) is 19.3 Å². The molecule has 2 saturated carbocycles. The summed E-state index contributed by atoms with van der Waals surface area (Å²) in [4.78, 5) is 54.1. The first-order valence-electron chi connectivity index (χ1n) is 11.9. The fourth-order valence-corrected chi connectivity index (χ4v) is 6.34. The molecule has 2 amide bonds. The van der Waals surface area contributed by atoms with E-state index in [2.05, 4.69) is 12.2 Å². The summed E-state index contributed by atoms with van der Waals surface area (Å²) in [6.45, 7) is -0.436. The molecule has 2 aromatic rings. The second kappa shape index (κ2) is 8.05. The molecule has 0 N–H and O–H groups in total. The number of likely N-dealkylation sites (tertiary alicyclic amines) is 1. The lowest BCUT2D eigenvalue weighted by Gasteiger charge is -2.37. The average Bonchev–Trinajstić information content (AvgIpc) is 3.65. The molecule has 2 bridgehead atoms. The normalized spacial score (nSPS) is 31.1. The highest BCUT2D eigenvalue weighted by molar-refractivity contribution is 6.09. The number of carbonyl (C=O) groups excluding carboxylic acids is 4. The summed E-state index contributed by atoms with van der Waals surface area (Å²) in [6.07, 6.45) is 5.45. The molecule has 1 heterocycles. The van der Waals surface area contributed by atoms with E-state index in [-0.39, 0.29) is 47.7 Å². The van der Waals surface area contributed by atoms with Crippen LogP contribution in [0.15, 0.2) is 72.8 Å². The topological polar surface area (TPSA) is 80.8 Å². The van der Waals surface area contributed by atoms with Crippen LogP contribution in [0.5, 0.6) is 0 Å². The third kappa shape index (κ3) is 3.31. The molecule has 0 unspecified atom stereocenters. The van der Waals surface area contributed by atoms with Crippen LogP contribution in [0.2, 0.25) is 0 Å². The SMILES string of the molecule is O=C(COC(=O)[C@H](Cc1ccccc1)N1C(=O)[C@@H]2[C@@H]3C=C[C@H]([C@H]4C[C@H]34)[C@@H]2C1=O)c1ccccc1. The van der Waals surface area contributed by atoms with Gasteiger partial charge in [0.2, 0.25) is 11.8 Å². The molecule has 5 aliphatic rings. The van der Waals surface area contributed by atoms with Crippen molar-refractivity contribution in [3.05, 3.63) is 83.9 Å². The summed E-state index contributed by atoms with van der Waals surface area (Å²) in [7, 11) is 0. The van der Waals surface area contributed by atoms with E-state index in [9.17, 15) is 19.2 Å². The van der Waals surface area contributed by atoms with E-state index >= 15 is 0 Å². The molecule has 0 aromatic heterocycles. The first-order chi connectivity index (χ1) is 16.5. The Morgan fingerprint density at radius 2 is 1.41 bits per heavy atom. The maximum atomic E-state index is 13.6. The minimum atomic E-state index is -1.09. The third-order valence-electron chi connectivity index (χ3n) is 7.99. The van der Waals surface area contributed by atoms with E-state index in [1.165, 1.54) is 0 Å². The number of ketones is 1. The zero-order valence-corrected chi connectivity index (χ0v) is 18.6. The van der Waals surface area contributed by atoms with Crippen molar-refractivity contribution < 1.29 is 23.9 Å². The summed E-state index contributed by atoms with van der Waals surface area (Å²) in [6, 6.07) is 16.8. The average molecular weight is 456 g/mol. The van der Waals surface area contributed by atoms with Gasteiger partial charge in [0, 0.05) is 12.0 Å². The summed E-state index contributed by atoms with van der Waals surface area (Å²) >= 11 is 0. The van der Waals surface area contributed by atoms with Crippen LogP contribution in [0.3, 0.4) is 0 Å². The number of amides is 2. The van der Waals surface area contributed by atoms with Crippen molar-refractivity contribution in [3.8, 4) is 0 Å². The number of nitrogens with zero attached hydrogens (tertiary/aromatic N) is 1. The van der Waals surface area contributed by atoms with E-state index in [4.69, 9.17) is 4.74 Å². The Kier molecular flexibility index (Phi) is 4.97. The van der Waals surface area contributed by atoms with E-state index in [1.807, 2.05) is 30.3 Å². The molecule has 4 aliphatic carbocycles. The van der Waals surface area contributed by atoms with E-state index in [1.54, 1.807) is 30.3 Å². The van der Waals surface area contributed by atoms with Crippen LogP contribution in [0.1, 0.15) is 22.3 Å². The molecule has 2 aromatic carbocycles. The Hall–Kier alpha value is -3.54. The molecule has 1 aliphatic heterocycles. The number of esters is 1. The lowest BCUT2D eigenvalue weighted by molar-refractivity contribution is -0.158. The number of allylic oxidation sites excluding steroid dienone is 2. The van der Waals surface area contributed by atoms with Gasteiger partial charge in [0.25, 0.3) is 0 Å². The van der Waals surface area contributed by atoms with Gasteiger partial charge in [-0.2, -0.15) is 0 Å². The Morgan fingerprint density at radius 1 is 0.853 bits per heavy atom. The molecule has 6 nitrogen and oxygen atoms in total. The second-order valence-electron chi connectivity index (χ2n) is 9.80. The fraction of sp³-hybridized carbons (Fsp3) is 0.357. The number of ether oxygens (including phenoxy) is 1. The Bertz CT molecular complexity index is 1150. The highest BCUT2D eigenvalue weighted by Gasteiger charge is 2.68. The zero-order chi connectivity index (χ0) is 23.4. The van der Waals surface area contributed by atoms with Gasteiger partial charge in [-0.05, 0) is 35.7 Å². The minimum absolute atomic E-state index is 0.0782. The minimum Gasteiger partial charge on any atom is -0.456 e. The van der Waals surface area contributed by atoms with Crippen LogP contribution in [-0.2, 0) is 25.5 Å². The van der Waals surface area contributed by atoms with Gasteiger partial charge >= 0.3 is 5.97 Å². The van der Waals surface area contributed by atoms with Crippen molar-refractivity contribution in [1.29, 1.82) is 0 Å². The molecule has 34 heavy (non-hydrogen) atoms. The maximum absolute atomic E-state index is 13.6. The van der Waals surface area contributed by atoms with Gasteiger partial charge in [-0.1, -0.05) is 72.8 Å². The standard InChI is InChI=1S/C28H25NO5/c30-23(17-9-5-2-6-10-17)15-34-28(33)22(13-16-7-3-1-4-8-16)29-26(31)24-18-11-12-19(21-14-20(18)21)25(24)27(29)32/h1-12,18-22,24-25H,13-15H2/t18-,19-,20-,21-,22+,24-,25+/m1/s1. The molecule has 7 rings (SSSR count). The van der Waals surface area contributed by atoms with E-state index in [0.29, 0.717) is 17.4 Å². The largest absolute Gasteiger partial charge is 0.456 e. The summed E-state index contributed by atoms with van der Waals surface area (Å²) < 4.78 is 5.40. The fourth-order valence-electron chi connectivity index (χ4n) is 6.34. The summed E-state index contributed by atoms with van der Waals surface area (Å²) in [5.74, 6) is -1.25. The second-order valence-corrected chi connectivity index (χ2v) is 9.80. The van der Waals surface area contributed by atoms with Crippen LogP contribution in [-0.4, -0.2) is 41.1 Å². The zero-order valence-electron chi connectivity index (χ0n) is 18.6. The summed E-state index contributed by atoms with van der Waals surface area (Å²) in [5.41, 5.74) is 1.26. The van der Waals surface area contributed by atoms with Gasteiger partial charge in [-0.25, -0.2) is 4.79 Å². The lowest BCUT2D eigenvalue weighted by atomic mass is 9.63. The van der Waals surface area contributed by atoms with Gasteiger partial charge in [0.05, 0.1) is 11.8 Å². The molecule has 0 radical (unpaired) electrons. The highest BCUT2D eigenvalue weighted by atomic mass is 16.5. The number of rotatable bonds is 7. The highest BCUT2D eigenvalue weighted by Crippen LogP contribution is 2.65. The molecule has 6 heteroatoms. The molecular formula is C28H25NO5. The predicted molar refractivity (Wildman–Crippen MR) is 122 cm³/mol. The first kappa shape index (κ1) is 21.0. The number of carbonyl (C=O) groups is 4. The van der Waals surface area contributed by atoms with Crippen LogP contribution in [0.4, 0.5) is 0 Å². The van der Waals surface area contributed by atoms with Crippen molar-refractivity contribution >= 4 is 23.6 Å². The number of benzene rings is 2. The van der Waals surface area contributed by atoms with Crippen molar-refractivity contribution in [2.24, 2.45) is 35.5 Å². The van der Waals surface area contributed by atoms with E-state index in [0.717, 1.165) is 16.9 Å². The number of imide groups is 1. The van der Waals surface area contributed by atoms with Gasteiger partial charge < -0.3 is 4.74 Å². The predicted octanol–water partition coefficient (Wildman–Crippen LogP) is 3.08. The van der Waals surface area contributed by atoms with E-state index < -0.39 is 18.6 Å². The lowest BCUT2D eigenvalue weighted by Crippen LogP contribution is -2.48.